The van der Waals surface area contributed by atoms with E-state index in [1.54, 1.807) is 0 Å². The molecule has 1 fully saturated rings. The molecule has 2 heterocycles. The zero-order chi connectivity index (χ0) is 14.5. The van der Waals surface area contributed by atoms with E-state index in [0.717, 1.165) is 42.7 Å². The Balaban J connectivity index is 1.99. The molecular formula is C15H27ClN4. The van der Waals surface area contributed by atoms with Crippen LogP contribution in [0.5, 0.6) is 0 Å². The fourth-order valence-corrected chi connectivity index (χ4v) is 3.35. The van der Waals surface area contributed by atoms with Crippen molar-refractivity contribution in [2.75, 3.05) is 26.7 Å². The summed E-state index contributed by atoms with van der Waals surface area (Å²) in [4.78, 5) is 2.51. The first-order valence-corrected chi connectivity index (χ1v) is 8.18. The molecule has 2 rings (SSSR count). The highest BCUT2D eigenvalue weighted by atomic mass is 35.5. The maximum atomic E-state index is 6.49. The Bertz CT molecular complexity index is 422. The van der Waals surface area contributed by atoms with Crippen molar-refractivity contribution in [2.45, 2.75) is 46.2 Å². The number of hydrogen-bond acceptors (Lipinski definition) is 3. The summed E-state index contributed by atoms with van der Waals surface area (Å²) in [5.74, 6) is 0.828. The highest BCUT2D eigenvalue weighted by molar-refractivity contribution is 6.31. The van der Waals surface area contributed by atoms with Gasteiger partial charge in [-0.2, -0.15) is 5.10 Å². The molecule has 0 bridgehead atoms. The Hall–Kier alpha value is -0.580. The molecule has 0 radical (unpaired) electrons. The lowest BCUT2D eigenvalue weighted by Gasteiger charge is -2.31. The topological polar surface area (TPSA) is 33.1 Å². The minimum atomic E-state index is 0.828. The van der Waals surface area contributed by atoms with Gasteiger partial charge in [0.1, 0.15) is 0 Å². The lowest BCUT2D eigenvalue weighted by molar-refractivity contribution is 0.173. The van der Waals surface area contributed by atoms with Gasteiger partial charge < -0.3 is 5.32 Å². The zero-order valence-corrected chi connectivity index (χ0v) is 13.7. The third kappa shape index (κ3) is 3.54. The molecule has 0 aromatic carbocycles. The van der Waals surface area contributed by atoms with Gasteiger partial charge in [0.25, 0.3) is 0 Å². The molecule has 1 saturated heterocycles. The van der Waals surface area contributed by atoms with Gasteiger partial charge in [-0.25, -0.2) is 0 Å². The fraction of sp³-hybridized carbons (Fsp3) is 0.800. The monoisotopic (exact) mass is 298 g/mol. The molecule has 20 heavy (non-hydrogen) atoms. The predicted molar refractivity (Wildman–Crippen MR) is 84.2 cm³/mol. The molecule has 1 N–H and O–H groups in total. The Morgan fingerprint density at radius 1 is 1.30 bits per heavy atom. The van der Waals surface area contributed by atoms with Gasteiger partial charge in [0, 0.05) is 13.1 Å². The second kappa shape index (κ2) is 7.43. The Morgan fingerprint density at radius 3 is 2.55 bits per heavy atom. The summed E-state index contributed by atoms with van der Waals surface area (Å²) in [7, 11) is 2.04. The molecule has 0 atom stereocenters. The van der Waals surface area contributed by atoms with E-state index in [2.05, 4.69) is 33.8 Å². The van der Waals surface area contributed by atoms with Crippen LogP contribution in [0.2, 0.25) is 5.02 Å². The number of halogens is 1. The zero-order valence-electron chi connectivity index (χ0n) is 13.0. The average molecular weight is 299 g/mol. The van der Waals surface area contributed by atoms with E-state index in [1.165, 1.54) is 31.6 Å². The molecule has 0 amide bonds. The summed E-state index contributed by atoms with van der Waals surface area (Å²) >= 11 is 6.49. The normalized spacial score (nSPS) is 17.8. The number of nitrogens with zero attached hydrogens (tertiary/aromatic N) is 3. The molecule has 1 aliphatic heterocycles. The van der Waals surface area contributed by atoms with Crippen LogP contribution in [-0.2, 0) is 19.5 Å². The molecule has 1 aromatic heterocycles. The lowest BCUT2D eigenvalue weighted by atomic mass is 9.97. The Kier molecular flexibility index (Phi) is 5.87. The number of hydrogen-bond donors (Lipinski definition) is 1. The van der Waals surface area contributed by atoms with E-state index >= 15 is 0 Å². The van der Waals surface area contributed by atoms with Crippen LogP contribution < -0.4 is 5.32 Å². The van der Waals surface area contributed by atoms with Crippen LogP contribution in [0.15, 0.2) is 0 Å². The van der Waals surface area contributed by atoms with Crippen LogP contribution in [0.1, 0.15) is 38.1 Å². The van der Waals surface area contributed by atoms with Gasteiger partial charge in [0.05, 0.1) is 16.4 Å². The van der Waals surface area contributed by atoms with Crippen LogP contribution in [0.25, 0.3) is 0 Å². The first-order valence-electron chi connectivity index (χ1n) is 7.80. The van der Waals surface area contributed by atoms with E-state index in [1.807, 2.05) is 7.05 Å². The van der Waals surface area contributed by atoms with Crippen molar-refractivity contribution in [2.24, 2.45) is 5.92 Å². The van der Waals surface area contributed by atoms with E-state index in [4.69, 9.17) is 11.6 Å². The first kappa shape index (κ1) is 15.8. The number of piperidine rings is 1. The van der Waals surface area contributed by atoms with E-state index in [9.17, 15) is 0 Å². The maximum Gasteiger partial charge on any atom is 0.0863 e. The van der Waals surface area contributed by atoms with Crippen molar-refractivity contribution in [3.8, 4) is 0 Å². The SMILES string of the molecule is CCc1nn(CC)c(CN2CCC(CNC)CC2)c1Cl. The Morgan fingerprint density at radius 2 is 2.00 bits per heavy atom. The van der Waals surface area contributed by atoms with E-state index < -0.39 is 0 Å². The largest absolute Gasteiger partial charge is 0.319 e. The molecule has 114 valence electrons. The second-order valence-electron chi connectivity index (χ2n) is 5.65. The number of likely N-dealkylation sites (tertiary alicyclic amines) is 1. The molecule has 0 aliphatic carbocycles. The van der Waals surface area contributed by atoms with Gasteiger partial charge in [-0.05, 0) is 58.8 Å². The molecule has 0 unspecified atom stereocenters. The molecule has 4 nitrogen and oxygen atoms in total. The van der Waals surface area contributed by atoms with Crippen LogP contribution in [0.4, 0.5) is 0 Å². The van der Waals surface area contributed by atoms with Gasteiger partial charge >= 0.3 is 0 Å². The standard InChI is InChI=1S/C15H27ClN4/c1-4-13-15(16)14(20(5-2)18-13)11-19-8-6-12(7-9-19)10-17-3/h12,17H,4-11H2,1-3H3. The van der Waals surface area contributed by atoms with Gasteiger partial charge in [0.15, 0.2) is 0 Å². The smallest absolute Gasteiger partial charge is 0.0863 e. The highest BCUT2D eigenvalue weighted by Crippen LogP contribution is 2.25. The van der Waals surface area contributed by atoms with Gasteiger partial charge in [0.2, 0.25) is 0 Å². The van der Waals surface area contributed by atoms with Crippen molar-refractivity contribution in [3.05, 3.63) is 16.4 Å². The molecule has 1 aromatic rings. The van der Waals surface area contributed by atoms with Gasteiger partial charge in [-0.1, -0.05) is 18.5 Å². The number of aromatic nitrogens is 2. The van der Waals surface area contributed by atoms with Crippen molar-refractivity contribution in [3.63, 3.8) is 0 Å². The van der Waals surface area contributed by atoms with Crippen LogP contribution in [0.3, 0.4) is 0 Å². The quantitative estimate of drug-likeness (QED) is 0.876. The van der Waals surface area contributed by atoms with E-state index in [-0.39, 0.29) is 0 Å². The third-order valence-corrected chi connectivity index (χ3v) is 4.70. The van der Waals surface area contributed by atoms with Crippen molar-refractivity contribution < 1.29 is 0 Å². The summed E-state index contributed by atoms with van der Waals surface area (Å²) in [5, 5.41) is 8.77. The molecule has 1 aliphatic rings. The van der Waals surface area contributed by atoms with Crippen LogP contribution in [-0.4, -0.2) is 41.4 Å². The van der Waals surface area contributed by atoms with Crippen molar-refractivity contribution in [1.29, 1.82) is 0 Å². The minimum Gasteiger partial charge on any atom is -0.319 e. The summed E-state index contributed by atoms with van der Waals surface area (Å²) in [6.07, 6.45) is 3.46. The minimum absolute atomic E-state index is 0.828. The van der Waals surface area contributed by atoms with Crippen molar-refractivity contribution >= 4 is 11.6 Å². The summed E-state index contributed by atoms with van der Waals surface area (Å²) in [6, 6.07) is 0. The summed E-state index contributed by atoms with van der Waals surface area (Å²) in [5.41, 5.74) is 2.23. The lowest BCUT2D eigenvalue weighted by Crippen LogP contribution is -2.36. The highest BCUT2D eigenvalue weighted by Gasteiger charge is 2.22. The molecular weight excluding hydrogens is 272 g/mol. The van der Waals surface area contributed by atoms with Crippen molar-refractivity contribution in [1.82, 2.24) is 20.0 Å². The number of rotatable bonds is 6. The van der Waals surface area contributed by atoms with E-state index in [0.29, 0.717) is 0 Å². The molecule has 5 heteroatoms. The van der Waals surface area contributed by atoms with Crippen LogP contribution >= 0.6 is 11.6 Å². The summed E-state index contributed by atoms with van der Waals surface area (Å²) in [6.45, 7) is 9.55. The first-order chi connectivity index (χ1) is 9.69. The average Bonchev–Trinajstić information content (AvgIpc) is 2.77. The second-order valence-corrected chi connectivity index (χ2v) is 6.03. The fourth-order valence-electron chi connectivity index (χ4n) is 3.02. The number of aryl methyl sites for hydroxylation is 2. The Labute approximate surface area is 127 Å². The number of nitrogens with one attached hydrogen (secondary N) is 1. The van der Waals surface area contributed by atoms with Gasteiger partial charge in [-0.3, -0.25) is 9.58 Å². The summed E-state index contributed by atoms with van der Waals surface area (Å²) < 4.78 is 2.07. The predicted octanol–water partition coefficient (Wildman–Crippen LogP) is 2.55. The van der Waals surface area contributed by atoms with Crippen LogP contribution in [0, 0.1) is 5.92 Å². The molecule has 0 saturated carbocycles. The van der Waals surface area contributed by atoms with Gasteiger partial charge in [-0.15, -0.1) is 0 Å². The third-order valence-electron chi connectivity index (χ3n) is 4.27. The maximum absolute atomic E-state index is 6.49. The molecule has 0 spiro atoms.